The van der Waals surface area contributed by atoms with E-state index in [9.17, 15) is 18.3 Å². The van der Waals surface area contributed by atoms with Crippen LogP contribution in [-0.2, 0) is 10.0 Å². The van der Waals surface area contributed by atoms with Crippen LogP contribution in [0.15, 0.2) is 11.0 Å². The fraction of sp³-hybridized carbons (Fsp3) is 0.200. The molecule has 0 atom stereocenters. The summed E-state index contributed by atoms with van der Waals surface area (Å²) in [6.07, 6.45) is 0. The van der Waals surface area contributed by atoms with E-state index in [1.165, 1.54) is 20.0 Å². The molecule has 0 bridgehead atoms. The lowest BCUT2D eigenvalue weighted by atomic mass is 10.2. The zero-order chi connectivity index (χ0) is 15.9. The largest absolute Gasteiger partial charge is 0.478 e. The van der Waals surface area contributed by atoms with E-state index in [2.05, 4.69) is 4.37 Å². The Kier molecular flexibility index (Phi) is 4.50. The number of aromatic carboxylic acids is 1. The van der Waals surface area contributed by atoms with Gasteiger partial charge in [0.05, 0.1) is 10.0 Å². The maximum Gasteiger partial charge on any atom is 0.340 e. The van der Waals surface area contributed by atoms with Gasteiger partial charge in [0.1, 0.15) is 19.8 Å². The number of aromatic nitrogens is 1. The van der Waals surface area contributed by atoms with Crippen molar-refractivity contribution in [1.29, 1.82) is 0 Å². The molecule has 0 aliphatic carbocycles. The molecule has 2 aromatic heterocycles. The van der Waals surface area contributed by atoms with E-state index in [-0.39, 0.29) is 29.8 Å². The molecule has 0 aliphatic rings. The van der Waals surface area contributed by atoms with Crippen LogP contribution in [0.2, 0.25) is 8.67 Å². The number of carboxylic acid groups (broad SMARTS) is 1. The molecule has 0 unspecified atom stereocenters. The highest BCUT2D eigenvalue weighted by Crippen LogP contribution is 2.38. The van der Waals surface area contributed by atoms with Crippen LogP contribution < -0.4 is 4.31 Å². The molecule has 2 heterocycles. The van der Waals surface area contributed by atoms with Gasteiger partial charge in [-0.25, -0.2) is 13.2 Å². The van der Waals surface area contributed by atoms with Crippen molar-refractivity contribution in [3.63, 3.8) is 0 Å². The van der Waals surface area contributed by atoms with Gasteiger partial charge in [-0.1, -0.05) is 23.2 Å². The molecular formula is C10H8Cl2N2O4S3. The van der Waals surface area contributed by atoms with Gasteiger partial charge in [-0.15, -0.1) is 11.3 Å². The van der Waals surface area contributed by atoms with Crippen molar-refractivity contribution in [1.82, 2.24) is 4.37 Å². The van der Waals surface area contributed by atoms with Crippen LogP contribution in [0, 0.1) is 6.92 Å². The van der Waals surface area contributed by atoms with Crippen molar-refractivity contribution < 1.29 is 18.3 Å². The Morgan fingerprint density at radius 3 is 2.52 bits per heavy atom. The summed E-state index contributed by atoms with van der Waals surface area (Å²) in [5, 5.41) is 9.19. The average molecular weight is 387 g/mol. The minimum Gasteiger partial charge on any atom is -0.478 e. The quantitative estimate of drug-likeness (QED) is 0.870. The highest BCUT2D eigenvalue weighted by atomic mass is 35.5. The molecule has 21 heavy (non-hydrogen) atoms. The summed E-state index contributed by atoms with van der Waals surface area (Å²) in [6.45, 7) is 1.50. The molecule has 114 valence electrons. The Labute approximate surface area is 138 Å². The molecule has 6 nitrogen and oxygen atoms in total. The molecule has 11 heteroatoms. The lowest BCUT2D eigenvalue weighted by Crippen LogP contribution is -2.27. The number of anilines is 1. The fourth-order valence-electron chi connectivity index (χ4n) is 1.58. The molecule has 1 N–H and O–H groups in total. The third kappa shape index (κ3) is 2.88. The second-order valence-corrected chi connectivity index (χ2v) is 8.89. The predicted octanol–water partition coefficient (Wildman–Crippen LogP) is 3.34. The van der Waals surface area contributed by atoms with Crippen LogP contribution in [0.25, 0.3) is 0 Å². The predicted molar refractivity (Wildman–Crippen MR) is 83.7 cm³/mol. The van der Waals surface area contributed by atoms with Gasteiger partial charge in [-0.3, -0.25) is 4.31 Å². The number of nitrogens with zero attached hydrogens (tertiary/aromatic N) is 2. The Morgan fingerprint density at radius 1 is 1.43 bits per heavy atom. The monoisotopic (exact) mass is 386 g/mol. The summed E-state index contributed by atoms with van der Waals surface area (Å²) in [7, 11) is -2.76. The fourth-order valence-corrected chi connectivity index (χ4v) is 5.94. The van der Waals surface area contributed by atoms with Gasteiger partial charge in [-0.05, 0) is 24.5 Å². The Balaban J connectivity index is 2.56. The molecule has 2 rings (SSSR count). The molecule has 0 amide bonds. The Morgan fingerprint density at radius 2 is 2.05 bits per heavy atom. The number of carboxylic acids is 1. The number of rotatable bonds is 4. The molecule has 0 saturated heterocycles. The lowest BCUT2D eigenvalue weighted by molar-refractivity contribution is 0.0697. The van der Waals surface area contributed by atoms with Crippen LogP contribution in [-0.4, -0.2) is 30.9 Å². The van der Waals surface area contributed by atoms with Gasteiger partial charge < -0.3 is 5.11 Å². The standard InChI is InChI=1S/C10H8Cl2N2O4S3/c1-4-7(10(15)16)9(20-13-4)14(2)21(17,18)5-3-6(11)19-8(5)12/h3H,1-2H3,(H,15,16). The highest BCUT2D eigenvalue weighted by molar-refractivity contribution is 7.93. The van der Waals surface area contributed by atoms with E-state index in [0.717, 1.165) is 27.2 Å². The Bertz CT molecular complexity index is 812. The van der Waals surface area contributed by atoms with Crippen LogP contribution in [0.3, 0.4) is 0 Å². The van der Waals surface area contributed by atoms with E-state index in [1.807, 2.05) is 0 Å². The normalized spacial score (nSPS) is 11.6. The first-order valence-corrected chi connectivity index (χ1v) is 9.08. The molecule has 0 saturated carbocycles. The summed E-state index contributed by atoms with van der Waals surface area (Å²) in [6, 6.07) is 1.23. The number of sulfonamides is 1. The van der Waals surface area contributed by atoms with E-state index in [4.69, 9.17) is 23.2 Å². The minimum atomic E-state index is -4.01. The van der Waals surface area contributed by atoms with E-state index in [0.29, 0.717) is 0 Å². The summed E-state index contributed by atoms with van der Waals surface area (Å²) < 4.78 is 30.0. The molecular weight excluding hydrogens is 379 g/mol. The van der Waals surface area contributed by atoms with Gasteiger partial charge >= 0.3 is 5.97 Å². The maximum atomic E-state index is 12.5. The van der Waals surface area contributed by atoms with Gasteiger partial charge in [-0.2, -0.15) is 4.37 Å². The third-order valence-electron chi connectivity index (χ3n) is 2.61. The van der Waals surface area contributed by atoms with Crippen LogP contribution in [0.5, 0.6) is 0 Å². The first-order valence-electron chi connectivity index (χ1n) is 5.29. The lowest BCUT2D eigenvalue weighted by Gasteiger charge is -2.17. The van der Waals surface area contributed by atoms with Crippen molar-refractivity contribution in [3.05, 3.63) is 26.0 Å². The SMILES string of the molecule is Cc1nsc(N(C)S(=O)(=O)c2cc(Cl)sc2Cl)c1C(=O)O. The summed E-state index contributed by atoms with van der Waals surface area (Å²) in [5.41, 5.74) is 0.0996. The second-order valence-electron chi connectivity index (χ2n) is 3.91. The molecule has 0 radical (unpaired) electrons. The van der Waals surface area contributed by atoms with Crippen molar-refractivity contribution in [2.75, 3.05) is 11.4 Å². The first-order chi connectivity index (χ1) is 9.66. The van der Waals surface area contributed by atoms with Crippen LogP contribution in [0.4, 0.5) is 5.00 Å². The van der Waals surface area contributed by atoms with Crippen molar-refractivity contribution >= 4 is 67.1 Å². The number of hydrogen-bond acceptors (Lipinski definition) is 6. The van der Waals surface area contributed by atoms with Crippen LogP contribution in [0.1, 0.15) is 16.1 Å². The van der Waals surface area contributed by atoms with Gasteiger partial charge in [0.2, 0.25) is 0 Å². The smallest absolute Gasteiger partial charge is 0.340 e. The van der Waals surface area contributed by atoms with Gasteiger partial charge in [0.15, 0.2) is 0 Å². The molecule has 0 spiro atoms. The van der Waals surface area contributed by atoms with E-state index in [1.54, 1.807) is 0 Å². The van der Waals surface area contributed by atoms with Crippen molar-refractivity contribution in [2.45, 2.75) is 11.8 Å². The summed E-state index contributed by atoms with van der Waals surface area (Å²) in [4.78, 5) is 11.1. The van der Waals surface area contributed by atoms with Crippen molar-refractivity contribution in [2.24, 2.45) is 0 Å². The minimum absolute atomic E-state index is 0.0124. The number of halogens is 2. The Hall–Kier alpha value is -0.870. The highest BCUT2D eigenvalue weighted by Gasteiger charge is 2.31. The number of carbonyl (C=O) groups is 1. The number of hydrogen-bond donors (Lipinski definition) is 1. The summed E-state index contributed by atoms with van der Waals surface area (Å²) in [5.74, 6) is -1.24. The number of thiophene rings is 1. The maximum absolute atomic E-state index is 12.5. The summed E-state index contributed by atoms with van der Waals surface area (Å²) >= 11 is 13.3. The topological polar surface area (TPSA) is 87.6 Å². The van der Waals surface area contributed by atoms with E-state index < -0.39 is 16.0 Å². The average Bonchev–Trinajstić information content (AvgIpc) is 2.91. The number of aryl methyl sites for hydroxylation is 1. The third-order valence-corrected chi connectivity index (χ3v) is 7.25. The van der Waals surface area contributed by atoms with Gasteiger partial charge in [0.25, 0.3) is 10.0 Å². The van der Waals surface area contributed by atoms with Crippen LogP contribution >= 0.6 is 46.1 Å². The van der Waals surface area contributed by atoms with Crippen molar-refractivity contribution in [3.8, 4) is 0 Å². The second kappa shape index (κ2) is 5.73. The zero-order valence-corrected chi connectivity index (χ0v) is 14.6. The van der Waals surface area contributed by atoms with Gasteiger partial charge in [0, 0.05) is 7.05 Å². The molecule has 0 aliphatic heterocycles. The van der Waals surface area contributed by atoms with E-state index >= 15 is 0 Å². The zero-order valence-electron chi connectivity index (χ0n) is 10.6. The molecule has 0 fully saturated rings. The molecule has 2 aromatic rings. The first kappa shape index (κ1) is 16.5. The molecule has 0 aromatic carbocycles.